The van der Waals surface area contributed by atoms with E-state index in [0.717, 1.165) is 29.3 Å². The Balaban J connectivity index is 1.49. The van der Waals surface area contributed by atoms with Crippen molar-refractivity contribution >= 4 is 27.8 Å². The normalized spacial score (nSPS) is 32.9. The van der Waals surface area contributed by atoms with Gasteiger partial charge in [0, 0.05) is 16.3 Å². The van der Waals surface area contributed by atoms with Crippen molar-refractivity contribution in [3.8, 4) is 0 Å². The van der Waals surface area contributed by atoms with Crippen LogP contribution in [0.3, 0.4) is 0 Å². The maximum atomic E-state index is 13.2. The van der Waals surface area contributed by atoms with Crippen molar-refractivity contribution < 1.29 is 14.3 Å². The molecule has 1 aromatic carbocycles. The van der Waals surface area contributed by atoms with Crippen molar-refractivity contribution in [2.45, 2.75) is 51.0 Å². The SMILES string of the molecule is COC(=O)[C@H](Cc1ccc(Br)cc1)NC(=O)C12CC3CC(CC(C3)C1)C2. The summed E-state index contributed by atoms with van der Waals surface area (Å²) in [7, 11) is 1.38. The minimum Gasteiger partial charge on any atom is -0.467 e. The van der Waals surface area contributed by atoms with Crippen LogP contribution >= 0.6 is 15.9 Å². The zero-order valence-electron chi connectivity index (χ0n) is 15.2. The fraction of sp³-hybridized carbons (Fsp3) is 0.619. The monoisotopic (exact) mass is 419 g/mol. The molecular weight excluding hydrogens is 394 g/mol. The summed E-state index contributed by atoms with van der Waals surface area (Å²) in [4.78, 5) is 25.5. The van der Waals surface area contributed by atoms with Crippen LogP contribution in [0.5, 0.6) is 0 Å². The smallest absolute Gasteiger partial charge is 0.328 e. The van der Waals surface area contributed by atoms with E-state index in [1.165, 1.54) is 26.4 Å². The number of methoxy groups -OCH3 is 1. The van der Waals surface area contributed by atoms with E-state index in [0.29, 0.717) is 24.2 Å². The highest BCUT2D eigenvalue weighted by atomic mass is 79.9. The van der Waals surface area contributed by atoms with Crippen molar-refractivity contribution in [3.63, 3.8) is 0 Å². The summed E-state index contributed by atoms with van der Waals surface area (Å²) in [5.41, 5.74) is 0.759. The van der Waals surface area contributed by atoms with Crippen LogP contribution in [0.2, 0.25) is 0 Å². The molecule has 5 rings (SSSR count). The van der Waals surface area contributed by atoms with E-state index < -0.39 is 6.04 Å². The van der Waals surface area contributed by atoms with E-state index in [2.05, 4.69) is 21.2 Å². The molecule has 0 spiro atoms. The molecule has 1 amide bonds. The summed E-state index contributed by atoms with van der Waals surface area (Å²) < 4.78 is 5.96. The predicted molar refractivity (Wildman–Crippen MR) is 102 cm³/mol. The molecule has 1 aromatic rings. The Labute approximate surface area is 163 Å². The lowest BCUT2D eigenvalue weighted by Gasteiger charge is -2.55. The van der Waals surface area contributed by atoms with Crippen molar-refractivity contribution in [2.24, 2.45) is 23.2 Å². The second-order valence-corrected chi connectivity index (χ2v) is 9.49. The number of carbonyl (C=O) groups excluding carboxylic acids is 2. The van der Waals surface area contributed by atoms with Gasteiger partial charge in [-0.15, -0.1) is 0 Å². The first-order valence-corrected chi connectivity index (χ1v) is 10.4. The quantitative estimate of drug-likeness (QED) is 0.736. The van der Waals surface area contributed by atoms with Gasteiger partial charge >= 0.3 is 5.97 Å². The van der Waals surface area contributed by atoms with Gasteiger partial charge in [-0.1, -0.05) is 28.1 Å². The molecule has 4 aliphatic rings. The summed E-state index contributed by atoms with van der Waals surface area (Å²) in [5, 5.41) is 3.06. The van der Waals surface area contributed by atoms with Crippen LogP contribution in [0, 0.1) is 23.2 Å². The molecule has 4 fully saturated rings. The highest BCUT2D eigenvalue weighted by Crippen LogP contribution is 2.60. The molecule has 0 radical (unpaired) electrons. The van der Waals surface area contributed by atoms with E-state index in [4.69, 9.17) is 4.74 Å². The molecular formula is C21H26BrNO3. The lowest BCUT2D eigenvalue weighted by atomic mass is 9.49. The molecule has 4 bridgehead atoms. The van der Waals surface area contributed by atoms with Crippen LogP contribution in [0.1, 0.15) is 44.1 Å². The van der Waals surface area contributed by atoms with E-state index in [1.54, 1.807) is 0 Å². The van der Waals surface area contributed by atoms with Gasteiger partial charge in [0.05, 0.1) is 7.11 Å². The van der Waals surface area contributed by atoms with E-state index in [-0.39, 0.29) is 17.3 Å². The van der Waals surface area contributed by atoms with Crippen LogP contribution in [0.15, 0.2) is 28.7 Å². The maximum absolute atomic E-state index is 13.2. The number of hydrogen-bond acceptors (Lipinski definition) is 3. The number of rotatable bonds is 5. The van der Waals surface area contributed by atoms with Crippen LogP contribution in [0.4, 0.5) is 0 Å². The fourth-order valence-electron chi connectivity index (χ4n) is 5.89. The van der Waals surface area contributed by atoms with Crippen molar-refractivity contribution in [3.05, 3.63) is 34.3 Å². The van der Waals surface area contributed by atoms with Gasteiger partial charge < -0.3 is 10.1 Å². The molecule has 1 atom stereocenters. The zero-order chi connectivity index (χ0) is 18.3. The number of nitrogens with one attached hydrogen (secondary N) is 1. The Kier molecular flexibility index (Phi) is 4.84. The second kappa shape index (κ2) is 6.99. The molecule has 1 N–H and O–H groups in total. The third-order valence-corrected chi connectivity index (χ3v) is 7.19. The fourth-order valence-corrected chi connectivity index (χ4v) is 6.16. The van der Waals surface area contributed by atoms with Crippen LogP contribution in [-0.2, 0) is 20.7 Å². The van der Waals surface area contributed by atoms with Crippen molar-refractivity contribution in [2.75, 3.05) is 7.11 Å². The number of carbonyl (C=O) groups is 2. The number of amides is 1. The van der Waals surface area contributed by atoms with Gasteiger partial charge in [0.15, 0.2) is 0 Å². The topological polar surface area (TPSA) is 55.4 Å². The largest absolute Gasteiger partial charge is 0.467 e. The highest BCUT2D eigenvalue weighted by Gasteiger charge is 2.54. The third kappa shape index (κ3) is 3.42. The number of ether oxygens (including phenoxy) is 1. The number of esters is 1. The minimum absolute atomic E-state index is 0.0733. The number of hydrogen-bond donors (Lipinski definition) is 1. The Morgan fingerprint density at radius 1 is 1.12 bits per heavy atom. The molecule has 0 heterocycles. The van der Waals surface area contributed by atoms with Gasteiger partial charge in [-0.2, -0.15) is 0 Å². The van der Waals surface area contributed by atoms with Gasteiger partial charge in [0.1, 0.15) is 6.04 Å². The summed E-state index contributed by atoms with van der Waals surface area (Å²) in [6, 6.07) is 7.21. The molecule has 0 unspecified atom stereocenters. The Bertz CT molecular complexity index is 664. The third-order valence-electron chi connectivity index (χ3n) is 6.66. The molecule has 26 heavy (non-hydrogen) atoms. The molecule has 0 saturated heterocycles. The summed E-state index contributed by atoms with van der Waals surface area (Å²) in [5.74, 6) is 1.82. The molecule has 4 nitrogen and oxygen atoms in total. The lowest BCUT2D eigenvalue weighted by Crippen LogP contribution is -2.56. The Morgan fingerprint density at radius 2 is 1.65 bits per heavy atom. The first-order valence-electron chi connectivity index (χ1n) is 9.61. The lowest BCUT2D eigenvalue weighted by molar-refractivity contribution is -0.152. The van der Waals surface area contributed by atoms with Crippen molar-refractivity contribution in [1.82, 2.24) is 5.32 Å². The number of halogens is 1. The molecule has 4 saturated carbocycles. The zero-order valence-corrected chi connectivity index (χ0v) is 16.8. The van der Waals surface area contributed by atoms with E-state index in [9.17, 15) is 9.59 Å². The highest BCUT2D eigenvalue weighted by molar-refractivity contribution is 9.10. The van der Waals surface area contributed by atoms with Gasteiger partial charge in [-0.05, 0) is 74.0 Å². The summed E-state index contributed by atoms with van der Waals surface area (Å²) >= 11 is 3.42. The molecule has 140 valence electrons. The standard InChI is InChI=1S/C21H26BrNO3/c1-26-19(24)18(9-13-2-4-17(22)5-3-13)23-20(25)21-10-14-6-15(11-21)8-16(7-14)12-21/h2-5,14-16,18H,6-12H2,1H3,(H,23,25)/t14?,15?,16?,18-,21?/m0/s1. The molecule has 0 aromatic heterocycles. The predicted octanol–water partition coefficient (Wildman–Crippen LogP) is 3.87. The minimum atomic E-state index is -0.623. The Hall–Kier alpha value is -1.36. The van der Waals surface area contributed by atoms with Gasteiger partial charge in [0.2, 0.25) is 5.91 Å². The number of benzene rings is 1. The second-order valence-electron chi connectivity index (χ2n) is 8.58. The van der Waals surface area contributed by atoms with Crippen LogP contribution in [0.25, 0.3) is 0 Å². The van der Waals surface area contributed by atoms with Gasteiger partial charge in [0.25, 0.3) is 0 Å². The molecule has 4 aliphatic carbocycles. The average molecular weight is 420 g/mol. The summed E-state index contributed by atoms with van der Waals surface area (Å²) in [6.07, 6.45) is 7.34. The van der Waals surface area contributed by atoms with E-state index in [1.807, 2.05) is 24.3 Å². The Morgan fingerprint density at radius 3 is 2.15 bits per heavy atom. The van der Waals surface area contributed by atoms with Crippen LogP contribution in [-0.4, -0.2) is 25.0 Å². The van der Waals surface area contributed by atoms with Gasteiger partial charge in [-0.3, -0.25) is 4.79 Å². The average Bonchev–Trinajstić information content (AvgIpc) is 2.61. The molecule has 0 aliphatic heterocycles. The van der Waals surface area contributed by atoms with Crippen molar-refractivity contribution in [1.29, 1.82) is 0 Å². The van der Waals surface area contributed by atoms with E-state index >= 15 is 0 Å². The maximum Gasteiger partial charge on any atom is 0.328 e. The summed E-state index contributed by atoms with van der Waals surface area (Å²) in [6.45, 7) is 0. The first-order chi connectivity index (χ1) is 12.5. The van der Waals surface area contributed by atoms with Crippen LogP contribution < -0.4 is 5.32 Å². The molecule has 5 heteroatoms. The first kappa shape index (κ1) is 18.0. The van der Waals surface area contributed by atoms with Gasteiger partial charge in [-0.25, -0.2) is 4.79 Å².